The maximum atomic E-state index is 12.5. The molecule has 0 radical (unpaired) electrons. The van der Waals surface area contributed by atoms with Crippen LogP contribution in [0.3, 0.4) is 0 Å². The van der Waals surface area contributed by atoms with Crippen molar-refractivity contribution in [2.24, 2.45) is 0 Å². The van der Waals surface area contributed by atoms with Gasteiger partial charge >= 0.3 is 0 Å². The predicted molar refractivity (Wildman–Crippen MR) is 80.8 cm³/mol. The number of benzene rings is 2. The third-order valence-corrected chi connectivity index (χ3v) is 4.32. The van der Waals surface area contributed by atoms with E-state index in [4.69, 9.17) is 9.47 Å². The molecule has 0 aliphatic rings. The molecular formula is C14H15N2O5S+. The van der Waals surface area contributed by atoms with Crippen LogP contribution in [0.25, 0.3) is 0 Å². The zero-order valence-electron chi connectivity index (χ0n) is 12.0. The van der Waals surface area contributed by atoms with Crippen LogP contribution in [0.1, 0.15) is 0 Å². The van der Waals surface area contributed by atoms with Crippen LogP contribution in [0, 0.1) is 4.91 Å². The Labute approximate surface area is 127 Å². The van der Waals surface area contributed by atoms with Crippen molar-refractivity contribution in [1.29, 1.82) is 0 Å². The first-order valence-electron chi connectivity index (χ1n) is 6.23. The van der Waals surface area contributed by atoms with E-state index < -0.39 is 10.0 Å². The molecule has 0 saturated heterocycles. The fourth-order valence-corrected chi connectivity index (χ4v) is 3.05. The Morgan fingerprint density at radius 1 is 1.00 bits per heavy atom. The number of nitrogens with one attached hydrogen (secondary N) is 2. The van der Waals surface area contributed by atoms with E-state index in [-0.39, 0.29) is 10.6 Å². The van der Waals surface area contributed by atoms with Gasteiger partial charge in [-0.2, -0.15) is 0 Å². The molecule has 0 saturated carbocycles. The van der Waals surface area contributed by atoms with E-state index >= 15 is 0 Å². The molecule has 22 heavy (non-hydrogen) atoms. The number of anilines is 1. The quantitative estimate of drug-likeness (QED) is 0.826. The van der Waals surface area contributed by atoms with E-state index in [1.54, 1.807) is 11.2 Å². The Kier molecular flexibility index (Phi) is 4.62. The molecule has 2 N–H and O–H groups in total. The molecule has 2 aromatic rings. The molecule has 2 rings (SSSR count). The standard InChI is InChI=1S/C14H14N2O5S/c1-20-12-7-8-13(21-2)14(9-12)22(18,19)16-11-5-3-10(15-17)4-6-11/h3-9,16H,1-2H3/p+1. The highest BCUT2D eigenvalue weighted by atomic mass is 32.2. The minimum Gasteiger partial charge on any atom is -0.497 e. The molecule has 7 nitrogen and oxygen atoms in total. The van der Waals surface area contributed by atoms with Gasteiger partial charge in [0.1, 0.15) is 16.4 Å². The first kappa shape index (κ1) is 15.8. The van der Waals surface area contributed by atoms with Crippen molar-refractivity contribution in [3.63, 3.8) is 0 Å². The SMILES string of the molecule is COc1ccc(OC)c(S(=O)(=O)Nc2ccc([NH+]=O)cc2)c1. The monoisotopic (exact) mass is 323 g/mol. The van der Waals surface area contributed by atoms with Gasteiger partial charge in [0.15, 0.2) is 0 Å². The minimum absolute atomic E-state index is 0.0413. The maximum Gasteiger partial charge on any atom is 0.265 e. The van der Waals surface area contributed by atoms with Crippen molar-refractivity contribution >= 4 is 21.4 Å². The van der Waals surface area contributed by atoms with E-state index in [1.165, 1.54) is 50.6 Å². The summed E-state index contributed by atoms with van der Waals surface area (Å²) >= 11 is 0. The highest BCUT2D eigenvalue weighted by molar-refractivity contribution is 7.92. The molecule has 116 valence electrons. The van der Waals surface area contributed by atoms with Crippen LogP contribution in [-0.4, -0.2) is 22.6 Å². The van der Waals surface area contributed by atoms with Crippen molar-refractivity contribution in [3.8, 4) is 11.5 Å². The highest BCUT2D eigenvalue weighted by Crippen LogP contribution is 2.29. The largest absolute Gasteiger partial charge is 0.497 e. The first-order chi connectivity index (χ1) is 10.5. The summed E-state index contributed by atoms with van der Waals surface area (Å²) in [6.07, 6.45) is 0. The van der Waals surface area contributed by atoms with Crippen LogP contribution in [-0.2, 0) is 10.0 Å². The fraction of sp³-hybridized carbons (Fsp3) is 0.143. The topological polar surface area (TPSA) is 95.7 Å². The van der Waals surface area contributed by atoms with E-state index in [0.717, 1.165) is 0 Å². The van der Waals surface area contributed by atoms with Crippen LogP contribution >= 0.6 is 0 Å². The van der Waals surface area contributed by atoms with Crippen LogP contribution in [0.15, 0.2) is 47.4 Å². The van der Waals surface area contributed by atoms with Gasteiger partial charge in [-0.25, -0.2) is 8.42 Å². The predicted octanol–water partition coefficient (Wildman–Crippen LogP) is 0.983. The van der Waals surface area contributed by atoms with Gasteiger partial charge in [-0.05, 0) is 24.3 Å². The van der Waals surface area contributed by atoms with Gasteiger partial charge in [0.05, 0.1) is 14.2 Å². The third-order valence-electron chi connectivity index (χ3n) is 2.92. The molecule has 0 atom stereocenters. The summed E-state index contributed by atoms with van der Waals surface area (Å²) < 4.78 is 37.5. The Morgan fingerprint density at radius 3 is 2.23 bits per heavy atom. The van der Waals surface area contributed by atoms with Crippen molar-refractivity contribution < 1.29 is 23.1 Å². The second-order valence-corrected chi connectivity index (χ2v) is 5.95. The van der Waals surface area contributed by atoms with Gasteiger partial charge < -0.3 is 9.47 Å². The zero-order valence-corrected chi connectivity index (χ0v) is 12.8. The number of hydrogen-bond donors (Lipinski definition) is 2. The molecule has 2 aromatic carbocycles. The second-order valence-electron chi connectivity index (χ2n) is 4.30. The average molecular weight is 323 g/mol. The van der Waals surface area contributed by atoms with E-state index in [2.05, 4.69) is 4.72 Å². The van der Waals surface area contributed by atoms with Crippen molar-refractivity contribution in [3.05, 3.63) is 47.4 Å². The third kappa shape index (κ3) is 3.34. The Bertz CT molecular complexity index is 772. The number of nitroso groups, excluding NO2 is 1. The molecule has 0 amide bonds. The number of methoxy groups -OCH3 is 2. The molecule has 0 spiro atoms. The summed E-state index contributed by atoms with van der Waals surface area (Å²) in [4.78, 5) is 10.4. The highest BCUT2D eigenvalue weighted by Gasteiger charge is 2.21. The summed E-state index contributed by atoms with van der Waals surface area (Å²) in [5, 5.41) is 1.72. The van der Waals surface area contributed by atoms with Crippen molar-refractivity contribution in [2.45, 2.75) is 4.90 Å². The van der Waals surface area contributed by atoms with Crippen LogP contribution in [0.4, 0.5) is 11.4 Å². The van der Waals surface area contributed by atoms with Crippen LogP contribution in [0.5, 0.6) is 11.5 Å². The Morgan fingerprint density at radius 2 is 1.68 bits per heavy atom. The van der Waals surface area contributed by atoms with Gasteiger partial charge in [-0.1, -0.05) is 0 Å². The normalized spacial score (nSPS) is 10.8. The average Bonchev–Trinajstić information content (AvgIpc) is 2.54. The molecule has 0 aliphatic heterocycles. The molecule has 8 heteroatoms. The molecule has 0 bridgehead atoms. The molecule has 0 aliphatic carbocycles. The molecule has 0 fully saturated rings. The van der Waals surface area contributed by atoms with E-state index in [1.807, 2.05) is 0 Å². The van der Waals surface area contributed by atoms with E-state index in [0.29, 0.717) is 17.1 Å². The smallest absolute Gasteiger partial charge is 0.265 e. The summed E-state index contributed by atoms with van der Waals surface area (Å²) in [6.45, 7) is 0. The van der Waals surface area contributed by atoms with E-state index in [9.17, 15) is 13.3 Å². The lowest BCUT2D eigenvalue weighted by atomic mass is 10.3. The number of sulfonamides is 1. The maximum absolute atomic E-state index is 12.5. The second kappa shape index (κ2) is 6.44. The van der Waals surface area contributed by atoms with Gasteiger partial charge in [0.25, 0.3) is 15.7 Å². The lowest BCUT2D eigenvalue weighted by Crippen LogP contribution is -2.55. The van der Waals surface area contributed by atoms with Gasteiger partial charge in [0, 0.05) is 34.0 Å². The Balaban J connectivity index is 2.38. The Hall–Kier alpha value is -2.61. The van der Waals surface area contributed by atoms with Gasteiger partial charge in [-0.15, -0.1) is 0 Å². The number of ether oxygens (including phenoxy) is 2. The van der Waals surface area contributed by atoms with Gasteiger partial charge in [0.2, 0.25) is 0 Å². The van der Waals surface area contributed by atoms with Crippen molar-refractivity contribution in [1.82, 2.24) is 0 Å². The van der Waals surface area contributed by atoms with Crippen molar-refractivity contribution in [2.75, 3.05) is 18.9 Å². The van der Waals surface area contributed by atoms with Gasteiger partial charge in [-0.3, -0.25) is 4.72 Å². The summed E-state index contributed by atoms with van der Waals surface area (Å²) in [7, 11) is -1.03. The number of rotatable bonds is 6. The molecule has 0 aromatic heterocycles. The summed E-state index contributed by atoms with van der Waals surface area (Å²) in [6, 6.07) is 10.4. The zero-order chi connectivity index (χ0) is 16.2. The minimum atomic E-state index is -3.86. The number of hydrogen-bond acceptors (Lipinski definition) is 5. The lowest BCUT2D eigenvalue weighted by molar-refractivity contribution is -0.379. The lowest BCUT2D eigenvalue weighted by Gasteiger charge is -2.12. The molecule has 0 unspecified atom stereocenters. The summed E-state index contributed by atoms with van der Waals surface area (Å²) in [5.41, 5.74) is 0.658. The fourth-order valence-electron chi connectivity index (χ4n) is 1.81. The molecular weight excluding hydrogens is 308 g/mol. The summed E-state index contributed by atoms with van der Waals surface area (Å²) in [5.74, 6) is 0.596. The molecule has 0 heterocycles. The van der Waals surface area contributed by atoms with Crippen LogP contribution < -0.4 is 19.4 Å². The first-order valence-corrected chi connectivity index (χ1v) is 7.71. The van der Waals surface area contributed by atoms with Crippen LogP contribution in [0.2, 0.25) is 0 Å².